The molecule has 4 rings (SSSR count). The summed E-state index contributed by atoms with van der Waals surface area (Å²) in [6.07, 6.45) is 0. The molecule has 0 bridgehead atoms. The summed E-state index contributed by atoms with van der Waals surface area (Å²) in [7, 11) is 3.02. The van der Waals surface area contributed by atoms with Crippen molar-refractivity contribution in [1.82, 2.24) is 18.7 Å². The lowest BCUT2D eigenvalue weighted by atomic mass is 10.2. The Labute approximate surface area is 204 Å². The van der Waals surface area contributed by atoms with E-state index in [0.717, 1.165) is 10.1 Å². The molecule has 2 aromatic carbocycles. The minimum Gasteiger partial charge on any atom is -0.486 e. The normalized spacial score (nSPS) is 11.7. The molecule has 0 atom stereocenters. The van der Waals surface area contributed by atoms with Gasteiger partial charge in [0.2, 0.25) is 5.95 Å². The number of aryl methyl sites for hydroxylation is 1. The van der Waals surface area contributed by atoms with Crippen molar-refractivity contribution in [3.63, 3.8) is 0 Å². The molecule has 0 saturated carbocycles. The molecule has 176 valence electrons. The van der Waals surface area contributed by atoms with Gasteiger partial charge in [0.05, 0.1) is 17.3 Å². The fourth-order valence-corrected chi connectivity index (χ4v) is 3.87. The van der Waals surface area contributed by atoms with Crippen LogP contribution in [0.3, 0.4) is 0 Å². The lowest BCUT2D eigenvalue weighted by Crippen LogP contribution is -2.37. The van der Waals surface area contributed by atoms with Gasteiger partial charge < -0.3 is 4.74 Å². The van der Waals surface area contributed by atoms with Crippen molar-refractivity contribution < 1.29 is 4.74 Å². The Morgan fingerprint density at radius 3 is 2.53 bits per heavy atom. The van der Waals surface area contributed by atoms with Gasteiger partial charge in [-0.2, -0.15) is 10.1 Å². The minimum absolute atomic E-state index is 0.160. The summed E-state index contributed by atoms with van der Waals surface area (Å²) >= 11 is 12.1. The van der Waals surface area contributed by atoms with Crippen molar-refractivity contribution in [2.75, 3.05) is 12.0 Å². The Hall–Kier alpha value is -3.56. The summed E-state index contributed by atoms with van der Waals surface area (Å²) < 4.78 is 9.82. The molecule has 1 N–H and O–H groups in total. The third kappa shape index (κ3) is 4.71. The zero-order chi connectivity index (χ0) is 24.4. The number of anilines is 1. The highest BCUT2D eigenvalue weighted by atomic mass is 35.5. The predicted octanol–water partition coefficient (Wildman–Crippen LogP) is 3.66. The number of hydrogen-bond acceptors (Lipinski definition) is 6. The summed E-state index contributed by atoms with van der Waals surface area (Å²) in [6.45, 7) is 2.29. The first-order valence-corrected chi connectivity index (χ1v) is 11.1. The van der Waals surface area contributed by atoms with Gasteiger partial charge in [-0.25, -0.2) is 10.2 Å². The van der Waals surface area contributed by atoms with Crippen LogP contribution < -0.4 is 21.4 Å². The van der Waals surface area contributed by atoms with Crippen LogP contribution in [0.4, 0.5) is 5.95 Å². The van der Waals surface area contributed by atoms with Crippen LogP contribution in [-0.4, -0.2) is 31.0 Å². The van der Waals surface area contributed by atoms with Crippen LogP contribution in [0.25, 0.3) is 11.2 Å². The molecule has 0 aliphatic heterocycles. The molecule has 2 aromatic heterocycles. The van der Waals surface area contributed by atoms with Crippen molar-refractivity contribution in [2.45, 2.75) is 13.5 Å². The quantitative estimate of drug-likeness (QED) is 0.308. The van der Waals surface area contributed by atoms with Crippen molar-refractivity contribution in [3.8, 4) is 5.75 Å². The lowest BCUT2D eigenvalue weighted by molar-refractivity contribution is 0.376. The fraction of sp³-hybridized carbons (Fsp3) is 0.217. The molecular formula is C23H22Cl2N6O3. The van der Waals surface area contributed by atoms with E-state index in [2.05, 4.69) is 15.5 Å². The second kappa shape index (κ2) is 9.74. The van der Waals surface area contributed by atoms with Gasteiger partial charge in [-0.05, 0) is 30.7 Å². The van der Waals surface area contributed by atoms with Gasteiger partial charge in [-0.15, -0.1) is 0 Å². The number of fused-ring (bicyclic) bond motifs is 1. The van der Waals surface area contributed by atoms with E-state index >= 15 is 0 Å². The van der Waals surface area contributed by atoms with E-state index in [1.54, 1.807) is 36.7 Å². The van der Waals surface area contributed by atoms with Gasteiger partial charge >= 0.3 is 5.69 Å². The van der Waals surface area contributed by atoms with Crippen molar-refractivity contribution in [3.05, 3.63) is 85.0 Å². The van der Waals surface area contributed by atoms with E-state index in [-0.39, 0.29) is 12.3 Å². The first kappa shape index (κ1) is 23.6. The topological polar surface area (TPSA) is 95.4 Å². The molecule has 0 radical (unpaired) electrons. The second-order valence-electron chi connectivity index (χ2n) is 7.71. The third-order valence-corrected chi connectivity index (χ3v) is 5.74. The highest BCUT2D eigenvalue weighted by Gasteiger charge is 2.19. The molecule has 0 spiro atoms. The monoisotopic (exact) mass is 500 g/mol. The van der Waals surface area contributed by atoms with Gasteiger partial charge in [0.1, 0.15) is 12.4 Å². The van der Waals surface area contributed by atoms with E-state index in [1.165, 1.54) is 11.6 Å². The molecule has 0 saturated heterocycles. The SMILES string of the molecule is C/C(COc1ccc(Cl)cc1Cl)=N\Nc1nc2c(c(=O)n(C)c(=O)n2C)n1Cc1ccccc1. The van der Waals surface area contributed by atoms with E-state index in [0.29, 0.717) is 39.5 Å². The third-order valence-electron chi connectivity index (χ3n) is 5.21. The van der Waals surface area contributed by atoms with Gasteiger partial charge in [0.15, 0.2) is 11.2 Å². The Kier molecular flexibility index (Phi) is 6.76. The number of halogens is 2. The summed E-state index contributed by atoms with van der Waals surface area (Å²) in [5.74, 6) is 0.802. The maximum atomic E-state index is 13.0. The highest BCUT2D eigenvalue weighted by Crippen LogP contribution is 2.27. The largest absolute Gasteiger partial charge is 0.486 e. The maximum absolute atomic E-state index is 13.0. The zero-order valence-corrected chi connectivity index (χ0v) is 20.3. The highest BCUT2D eigenvalue weighted by molar-refractivity contribution is 6.35. The van der Waals surface area contributed by atoms with Crippen molar-refractivity contribution in [2.24, 2.45) is 19.2 Å². The summed E-state index contributed by atoms with van der Waals surface area (Å²) in [5.41, 5.74) is 4.16. The first-order chi connectivity index (χ1) is 16.3. The van der Waals surface area contributed by atoms with E-state index < -0.39 is 11.2 Å². The summed E-state index contributed by atoms with van der Waals surface area (Å²) in [5, 5.41) is 5.27. The van der Waals surface area contributed by atoms with Crippen LogP contribution >= 0.6 is 23.2 Å². The smallest absolute Gasteiger partial charge is 0.332 e. The Morgan fingerprint density at radius 1 is 1.09 bits per heavy atom. The van der Waals surface area contributed by atoms with Crippen LogP contribution in [0.15, 0.2) is 63.2 Å². The molecular weight excluding hydrogens is 479 g/mol. The fourth-order valence-electron chi connectivity index (χ4n) is 3.40. The standard InChI is InChI=1S/C23H22Cl2N6O3/c1-14(13-34-18-10-9-16(24)11-17(18)25)27-28-22-26-20-19(21(32)30(3)23(33)29(20)2)31(22)12-15-7-5-4-6-8-15/h4-11H,12-13H2,1-3H3,(H,26,28)/b27-14+. The van der Waals surface area contributed by atoms with Gasteiger partial charge in [-0.3, -0.25) is 18.5 Å². The number of hydrazone groups is 1. The van der Waals surface area contributed by atoms with Crippen molar-refractivity contribution >= 4 is 46.0 Å². The molecule has 0 fully saturated rings. The summed E-state index contributed by atoms with van der Waals surface area (Å²) in [4.78, 5) is 29.9. The lowest BCUT2D eigenvalue weighted by Gasteiger charge is -2.10. The number of benzene rings is 2. The molecule has 11 heteroatoms. The van der Waals surface area contributed by atoms with Gasteiger partial charge in [0, 0.05) is 19.1 Å². The van der Waals surface area contributed by atoms with Crippen LogP contribution in [0, 0.1) is 0 Å². The molecule has 0 aliphatic rings. The maximum Gasteiger partial charge on any atom is 0.332 e. The van der Waals surface area contributed by atoms with Crippen LogP contribution in [0.2, 0.25) is 10.0 Å². The zero-order valence-electron chi connectivity index (χ0n) is 18.7. The van der Waals surface area contributed by atoms with Crippen LogP contribution in [0.1, 0.15) is 12.5 Å². The number of hydrogen-bond donors (Lipinski definition) is 1. The minimum atomic E-state index is -0.457. The molecule has 9 nitrogen and oxygen atoms in total. The average molecular weight is 501 g/mol. The molecule has 0 unspecified atom stereocenters. The second-order valence-corrected chi connectivity index (χ2v) is 8.55. The average Bonchev–Trinajstić information content (AvgIpc) is 3.18. The number of imidazole rings is 1. The Balaban J connectivity index is 1.67. The number of nitrogens with zero attached hydrogens (tertiary/aromatic N) is 5. The first-order valence-electron chi connectivity index (χ1n) is 10.3. The molecule has 4 aromatic rings. The Morgan fingerprint density at radius 2 is 1.82 bits per heavy atom. The predicted molar refractivity (Wildman–Crippen MR) is 134 cm³/mol. The van der Waals surface area contributed by atoms with E-state index in [9.17, 15) is 9.59 Å². The van der Waals surface area contributed by atoms with Gasteiger partial charge in [-0.1, -0.05) is 53.5 Å². The number of rotatable bonds is 7. The number of nitrogens with one attached hydrogen (secondary N) is 1. The van der Waals surface area contributed by atoms with E-state index in [4.69, 9.17) is 27.9 Å². The van der Waals surface area contributed by atoms with Crippen molar-refractivity contribution in [1.29, 1.82) is 0 Å². The van der Waals surface area contributed by atoms with Crippen LogP contribution in [0.5, 0.6) is 5.75 Å². The van der Waals surface area contributed by atoms with Gasteiger partial charge in [0.25, 0.3) is 5.56 Å². The van der Waals surface area contributed by atoms with E-state index in [1.807, 2.05) is 30.3 Å². The molecule has 34 heavy (non-hydrogen) atoms. The molecule has 0 amide bonds. The summed E-state index contributed by atoms with van der Waals surface area (Å²) in [6, 6.07) is 14.6. The Bertz CT molecular complexity index is 1510. The molecule has 0 aliphatic carbocycles. The van der Waals surface area contributed by atoms with Crippen LogP contribution in [-0.2, 0) is 20.6 Å². The number of aromatic nitrogens is 4. The molecule has 2 heterocycles. The number of ether oxygens (including phenoxy) is 1.